The second-order valence-electron chi connectivity index (χ2n) is 5.26. The number of Topliss-reactive ketones (excluding diaryl/α,β-unsaturated/α-hetero) is 1. The topological polar surface area (TPSA) is 34.1 Å². The highest BCUT2D eigenvalue weighted by molar-refractivity contribution is 6.24. The highest BCUT2D eigenvalue weighted by Crippen LogP contribution is 2.33. The molecule has 0 amide bonds. The third-order valence-electron chi connectivity index (χ3n) is 4.02. The van der Waals surface area contributed by atoms with Gasteiger partial charge in [-0.2, -0.15) is 0 Å². The first-order valence-electron chi connectivity index (χ1n) is 6.64. The number of hydrogen-bond acceptors (Lipinski definition) is 2. The summed E-state index contributed by atoms with van der Waals surface area (Å²) in [6.07, 6.45) is 7.25. The van der Waals surface area contributed by atoms with Crippen LogP contribution in [0.4, 0.5) is 0 Å². The molecular weight excluding hydrogens is 224 g/mol. The first-order chi connectivity index (χ1) is 8.75. The largest absolute Gasteiger partial charge is 0.289 e. The van der Waals surface area contributed by atoms with Gasteiger partial charge in [0.05, 0.1) is 0 Å². The van der Waals surface area contributed by atoms with Crippen molar-refractivity contribution >= 4 is 11.6 Å². The summed E-state index contributed by atoms with van der Waals surface area (Å²) in [6, 6.07) is 7.12. The second kappa shape index (κ2) is 4.52. The molecule has 2 aliphatic rings. The molecule has 0 radical (unpaired) electrons. The molecule has 0 unspecified atom stereocenters. The summed E-state index contributed by atoms with van der Waals surface area (Å²) in [6.45, 7) is 0. The summed E-state index contributed by atoms with van der Waals surface area (Å²) in [4.78, 5) is 24.3. The highest BCUT2D eigenvalue weighted by atomic mass is 16.1. The Bertz CT molecular complexity index is 534. The monoisotopic (exact) mass is 240 g/mol. The molecule has 2 heteroatoms. The molecule has 0 heterocycles. The van der Waals surface area contributed by atoms with Crippen LogP contribution >= 0.6 is 0 Å². The van der Waals surface area contributed by atoms with Crippen LogP contribution in [0, 0.1) is 5.92 Å². The van der Waals surface area contributed by atoms with Crippen LogP contribution in [0.2, 0.25) is 0 Å². The zero-order chi connectivity index (χ0) is 12.5. The summed E-state index contributed by atoms with van der Waals surface area (Å²) >= 11 is 0. The average Bonchev–Trinajstić information content (AvgIpc) is 2.89. The fourth-order valence-electron chi connectivity index (χ4n) is 3.05. The third kappa shape index (κ3) is 1.92. The molecule has 0 aliphatic heterocycles. The maximum atomic E-state index is 12.3. The summed E-state index contributed by atoms with van der Waals surface area (Å²) in [7, 11) is 0. The van der Waals surface area contributed by atoms with Crippen molar-refractivity contribution in [1.29, 1.82) is 0 Å². The van der Waals surface area contributed by atoms with Crippen LogP contribution in [-0.2, 0) is 0 Å². The molecule has 1 aromatic rings. The molecule has 1 fully saturated rings. The van der Waals surface area contributed by atoms with E-state index in [1.54, 1.807) is 24.3 Å². The van der Waals surface area contributed by atoms with Gasteiger partial charge in [-0.25, -0.2) is 0 Å². The number of hydrogen-bond donors (Lipinski definition) is 0. The van der Waals surface area contributed by atoms with E-state index in [1.165, 1.54) is 25.7 Å². The quantitative estimate of drug-likeness (QED) is 0.792. The van der Waals surface area contributed by atoms with Gasteiger partial charge in [0.15, 0.2) is 11.6 Å². The number of fused-ring (bicyclic) bond motifs is 1. The first kappa shape index (κ1) is 11.4. The summed E-state index contributed by atoms with van der Waals surface area (Å²) in [5.41, 5.74) is 1.85. The maximum Gasteiger partial charge on any atom is 0.189 e. The lowest BCUT2D eigenvalue weighted by Crippen LogP contribution is -2.18. The van der Waals surface area contributed by atoms with Gasteiger partial charge in [0.2, 0.25) is 0 Å². The van der Waals surface area contributed by atoms with Gasteiger partial charge >= 0.3 is 0 Å². The number of carbonyl (C=O) groups is 2. The molecule has 0 N–H and O–H groups in total. The lowest BCUT2D eigenvalue weighted by atomic mass is 9.85. The normalized spacial score (nSPS) is 19.9. The van der Waals surface area contributed by atoms with E-state index in [1.807, 2.05) is 6.07 Å². The van der Waals surface area contributed by atoms with Crippen molar-refractivity contribution in [2.75, 3.05) is 0 Å². The van der Waals surface area contributed by atoms with Crippen LogP contribution < -0.4 is 0 Å². The number of carbonyl (C=O) groups excluding carboxylic acids is 2. The van der Waals surface area contributed by atoms with Gasteiger partial charge in [0.25, 0.3) is 0 Å². The molecule has 2 nitrogen and oxygen atoms in total. The van der Waals surface area contributed by atoms with Gasteiger partial charge in [-0.1, -0.05) is 49.9 Å². The van der Waals surface area contributed by atoms with E-state index >= 15 is 0 Å². The lowest BCUT2D eigenvalue weighted by Gasteiger charge is -2.17. The van der Waals surface area contributed by atoms with Crippen molar-refractivity contribution < 1.29 is 9.59 Å². The van der Waals surface area contributed by atoms with Crippen LogP contribution in [-0.4, -0.2) is 11.6 Å². The Morgan fingerprint density at radius 1 is 1.00 bits per heavy atom. The van der Waals surface area contributed by atoms with Crippen LogP contribution in [0.5, 0.6) is 0 Å². The Kier molecular flexibility index (Phi) is 2.86. The van der Waals surface area contributed by atoms with E-state index in [2.05, 4.69) is 0 Å². The van der Waals surface area contributed by atoms with Gasteiger partial charge < -0.3 is 0 Å². The Balaban J connectivity index is 1.89. The summed E-state index contributed by atoms with van der Waals surface area (Å²) in [5, 5.41) is 0. The Labute approximate surface area is 107 Å². The van der Waals surface area contributed by atoms with E-state index in [9.17, 15) is 9.59 Å². The van der Waals surface area contributed by atoms with Crippen LogP contribution in [0.1, 0.15) is 52.8 Å². The molecule has 92 valence electrons. The van der Waals surface area contributed by atoms with Crippen LogP contribution in [0.25, 0.3) is 0 Å². The molecule has 18 heavy (non-hydrogen) atoms. The fourth-order valence-corrected chi connectivity index (χ4v) is 3.05. The predicted molar refractivity (Wildman–Crippen MR) is 69.8 cm³/mol. The molecule has 1 saturated carbocycles. The van der Waals surface area contributed by atoms with E-state index in [-0.39, 0.29) is 11.6 Å². The van der Waals surface area contributed by atoms with E-state index < -0.39 is 0 Å². The van der Waals surface area contributed by atoms with Gasteiger partial charge in [-0.3, -0.25) is 9.59 Å². The minimum Gasteiger partial charge on any atom is -0.289 e. The molecule has 0 spiro atoms. The van der Waals surface area contributed by atoms with Gasteiger partial charge in [-0.05, 0) is 18.4 Å². The Morgan fingerprint density at radius 2 is 1.67 bits per heavy atom. The molecule has 3 rings (SSSR count). The third-order valence-corrected chi connectivity index (χ3v) is 4.02. The van der Waals surface area contributed by atoms with Crippen molar-refractivity contribution in [3.63, 3.8) is 0 Å². The van der Waals surface area contributed by atoms with Gasteiger partial charge in [0.1, 0.15) is 0 Å². The molecular formula is C16H16O2. The minimum absolute atomic E-state index is 0.0156. The number of allylic oxidation sites excluding steroid dienone is 2. The van der Waals surface area contributed by atoms with Crippen molar-refractivity contribution in [2.24, 2.45) is 5.92 Å². The smallest absolute Gasteiger partial charge is 0.189 e. The van der Waals surface area contributed by atoms with Gasteiger partial charge in [0, 0.05) is 16.7 Å². The average molecular weight is 240 g/mol. The lowest BCUT2D eigenvalue weighted by molar-refractivity contribution is 0.0979. The van der Waals surface area contributed by atoms with Crippen molar-refractivity contribution in [3.05, 3.63) is 47.0 Å². The van der Waals surface area contributed by atoms with E-state index in [4.69, 9.17) is 0 Å². The fraction of sp³-hybridized carbons (Fsp3) is 0.375. The Morgan fingerprint density at radius 3 is 2.39 bits per heavy atom. The van der Waals surface area contributed by atoms with Crippen molar-refractivity contribution in [2.45, 2.75) is 32.1 Å². The highest BCUT2D eigenvalue weighted by Gasteiger charge is 2.27. The van der Waals surface area contributed by atoms with E-state index in [0.29, 0.717) is 22.6 Å². The SMILES string of the molecule is O=C1C=C(CC2CCCC2)C(=O)c2ccccc21. The van der Waals surface area contributed by atoms with Crippen LogP contribution in [0.15, 0.2) is 35.9 Å². The number of rotatable bonds is 2. The van der Waals surface area contributed by atoms with Crippen molar-refractivity contribution in [1.82, 2.24) is 0 Å². The molecule has 2 aliphatic carbocycles. The second-order valence-corrected chi connectivity index (χ2v) is 5.26. The predicted octanol–water partition coefficient (Wildman–Crippen LogP) is 3.57. The van der Waals surface area contributed by atoms with Crippen LogP contribution in [0.3, 0.4) is 0 Å². The number of benzene rings is 1. The number of ketones is 2. The molecule has 0 bridgehead atoms. The molecule has 0 saturated heterocycles. The maximum absolute atomic E-state index is 12.3. The Hall–Kier alpha value is -1.70. The van der Waals surface area contributed by atoms with E-state index in [0.717, 1.165) is 6.42 Å². The minimum atomic E-state index is -0.0156. The summed E-state index contributed by atoms with van der Waals surface area (Å²) < 4.78 is 0. The zero-order valence-electron chi connectivity index (χ0n) is 10.3. The molecule has 0 atom stereocenters. The molecule has 1 aromatic carbocycles. The standard InChI is InChI=1S/C16H16O2/c17-15-10-12(9-11-5-1-2-6-11)16(18)14-8-4-3-7-13(14)15/h3-4,7-8,10-11H,1-2,5-6,9H2. The summed E-state index contributed by atoms with van der Waals surface area (Å²) in [5.74, 6) is 0.633. The molecule has 0 aromatic heterocycles. The zero-order valence-corrected chi connectivity index (χ0v) is 10.3. The van der Waals surface area contributed by atoms with Gasteiger partial charge in [-0.15, -0.1) is 0 Å². The first-order valence-corrected chi connectivity index (χ1v) is 6.64. The van der Waals surface area contributed by atoms with Crippen molar-refractivity contribution in [3.8, 4) is 0 Å².